The van der Waals surface area contributed by atoms with E-state index in [1.807, 2.05) is 0 Å². The molecule has 0 aliphatic heterocycles. The molecular weight excluding hydrogens is 196 g/mol. The summed E-state index contributed by atoms with van der Waals surface area (Å²) >= 11 is 0. The van der Waals surface area contributed by atoms with Crippen molar-refractivity contribution in [3.63, 3.8) is 0 Å². The highest BCUT2D eigenvalue weighted by atomic mass is 16.2. The summed E-state index contributed by atoms with van der Waals surface area (Å²) in [4.78, 5) is 34.6. The van der Waals surface area contributed by atoms with E-state index in [0.29, 0.717) is 0 Å². The van der Waals surface area contributed by atoms with Crippen LogP contribution in [0.2, 0.25) is 0 Å². The molecule has 5 nitrogen and oxygen atoms in total. The highest BCUT2D eigenvalue weighted by Gasteiger charge is 2.17. The van der Waals surface area contributed by atoms with E-state index in [0.717, 1.165) is 4.57 Å². The third-order valence-corrected chi connectivity index (χ3v) is 2.24. The van der Waals surface area contributed by atoms with Crippen LogP contribution in [0.15, 0.2) is 15.8 Å². The molecule has 0 saturated heterocycles. The van der Waals surface area contributed by atoms with Crippen LogP contribution >= 0.6 is 0 Å². The topological polar surface area (TPSA) is 61.1 Å². The first kappa shape index (κ1) is 11.4. The Morgan fingerprint density at radius 3 is 2.27 bits per heavy atom. The van der Waals surface area contributed by atoms with Gasteiger partial charge in [-0.3, -0.25) is 14.2 Å². The van der Waals surface area contributed by atoms with Gasteiger partial charge in [-0.1, -0.05) is 13.8 Å². The molecule has 0 spiro atoms. The van der Waals surface area contributed by atoms with Crippen molar-refractivity contribution in [2.45, 2.75) is 13.8 Å². The maximum Gasteiger partial charge on any atom is 0.330 e. The Morgan fingerprint density at radius 1 is 1.27 bits per heavy atom. The minimum Gasteiger partial charge on any atom is -0.303 e. The molecule has 0 N–H and O–H groups in total. The van der Waals surface area contributed by atoms with Crippen molar-refractivity contribution < 1.29 is 4.79 Å². The van der Waals surface area contributed by atoms with Crippen LogP contribution in [0.4, 0.5) is 0 Å². The zero-order valence-corrected chi connectivity index (χ0v) is 9.27. The maximum absolute atomic E-state index is 11.7. The normalized spacial score (nSPS) is 10.7. The Balaban J connectivity index is 3.53. The first-order valence-corrected chi connectivity index (χ1v) is 4.67. The molecule has 0 amide bonds. The summed E-state index contributed by atoms with van der Waals surface area (Å²) in [7, 11) is 2.88. The lowest BCUT2D eigenvalue weighted by Gasteiger charge is -2.07. The SMILES string of the molecule is CC(C)C(=O)c1cn(C)c(=O)n(C)c1=O. The van der Waals surface area contributed by atoms with Crippen molar-refractivity contribution in [1.29, 1.82) is 0 Å². The van der Waals surface area contributed by atoms with Gasteiger partial charge >= 0.3 is 5.69 Å². The molecule has 0 aromatic carbocycles. The van der Waals surface area contributed by atoms with Gasteiger partial charge in [-0.05, 0) is 0 Å². The number of rotatable bonds is 2. The van der Waals surface area contributed by atoms with Gasteiger partial charge in [0, 0.05) is 26.2 Å². The Bertz CT molecular complexity index is 508. The maximum atomic E-state index is 11.7. The third-order valence-electron chi connectivity index (χ3n) is 2.24. The van der Waals surface area contributed by atoms with E-state index < -0.39 is 11.2 Å². The van der Waals surface area contributed by atoms with Crippen LogP contribution in [-0.4, -0.2) is 14.9 Å². The Labute approximate surface area is 87.0 Å². The number of hydrogen-bond acceptors (Lipinski definition) is 3. The Morgan fingerprint density at radius 2 is 1.80 bits per heavy atom. The zero-order chi connectivity index (χ0) is 11.7. The molecule has 0 saturated carbocycles. The van der Waals surface area contributed by atoms with Crippen molar-refractivity contribution in [2.24, 2.45) is 20.0 Å². The van der Waals surface area contributed by atoms with Crippen LogP contribution in [0.25, 0.3) is 0 Å². The van der Waals surface area contributed by atoms with Crippen LogP contribution in [0, 0.1) is 5.92 Å². The van der Waals surface area contributed by atoms with Gasteiger partial charge in [0.2, 0.25) is 0 Å². The van der Waals surface area contributed by atoms with E-state index >= 15 is 0 Å². The lowest BCUT2D eigenvalue weighted by Crippen LogP contribution is -2.40. The summed E-state index contributed by atoms with van der Waals surface area (Å²) in [6.45, 7) is 3.43. The van der Waals surface area contributed by atoms with Gasteiger partial charge in [-0.2, -0.15) is 0 Å². The average molecular weight is 210 g/mol. The first-order valence-electron chi connectivity index (χ1n) is 4.67. The molecule has 5 heteroatoms. The van der Waals surface area contributed by atoms with E-state index in [1.165, 1.54) is 24.9 Å². The summed E-state index contributed by atoms with van der Waals surface area (Å²) in [5.41, 5.74) is -0.897. The molecule has 1 aromatic heterocycles. The van der Waals surface area contributed by atoms with Gasteiger partial charge < -0.3 is 4.57 Å². The van der Waals surface area contributed by atoms with Crippen molar-refractivity contribution in [3.05, 3.63) is 32.6 Å². The standard InChI is InChI=1S/C10H14N2O3/c1-6(2)8(13)7-5-11(3)10(15)12(4)9(7)14/h5-6H,1-4H3. The van der Waals surface area contributed by atoms with Crippen LogP contribution in [0.3, 0.4) is 0 Å². The number of carbonyl (C=O) groups excluding carboxylic acids is 1. The zero-order valence-electron chi connectivity index (χ0n) is 9.27. The molecule has 1 aromatic rings. The monoisotopic (exact) mass is 210 g/mol. The molecule has 0 aliphatic rings. The fourth-order valence-electron chi connectivity index (χ4n) is 1.29. The van der Waals surface area contributed by atoms with Crippen LogP contribution in [0.1, 0.15) is 24.2 Å². The lowest BCUT2D eigenvalue weighted by molar-refractivity contribution is 0.0936. The van der Waals surface area contributed by atoms with Gasteiger partial charge in [0.05, 0.1) is 5.56 Å². The van der Waals surface area contributed by atoms with Gasteiger partial charge in [-0.15, -0.1) is 0 Å². The quantitative estimate of drug-likeness (QED) is 0.641. The van der Waals surface area contributed by atoms with Crippen molar-refractivity contribution >= 4 is 5.78 Å². The second kappa shape index (κ2) is 3.84. The molecule has 15 heavy (non-hydrogen) atoms. The molecule has 0 bridgehead atoms. The van der Waals surface area contributed by atoms with Crippen LogP contribution < -0.4 is 11.2 Å². The molecular formula is C10H14N2O3. The molecule has 82 valence electrons. The predicted octanol–water partition coefficient (Wildman–Crippen LogP) is -0.0773. The first-order chi connectivity index (χ1) is 6.86. The molecule has 0 unspecified atom stereocenters. The predicted molar refractivity (Wildman–Crippen MR) is 56.1 cm³/mol. The summed E-state index contributed by atoms with van der Waals surface area (Å²) in [5.74, 6) is -0.499. The summed E-state index contributed by atoms with van der Waals surface area (Å²) in [6, 6.07) is 0. The van der Waals surface area contributed by atoms with E-state index in [-0.39, 0.29) is 17.3 Å². The van der Waals surface area contributed by atoms with E-state index in [1.54, 1.807) is 13.8 Å². The van der Waals surface area contributed by atoms with Gasteiger partial charge in [0.15, 0.2) is 5.78 Å². The minimum atomic E-state index is -0.531. The second-order valence-electron chi connectivity index (χ2n) is 3.82. The smallest absolute Gasteiger partial charge is 0.303 e. The van der Waals surface area contributed by atoms with Crippen molar-refractivity contribution in [1.82, 2.24) is 9.13 Å². The molecule has 1 heterocycles. The lowest BCUT2D eigenvalue weighted by atomic mass is 10.0. The number of hydrogen-bond donors (Lipinski definition) is 0. The fraction of sp³-hybridized carbons (Fsp3) is 0.500. The highest BCUT2D eigenvalue weighted by Crippen LogP contribution is 2.01. The number of carbonyl (C=O) groups is 1. The fourth-order valence-corrected chi connectivity index (χ4v) is 1.29. The number of Topliss-reactive ketones (excluding diaryl/α,β-unsaturated/α-hetero) is 1. The summed E-state index contributed by atoms with van der Waals surface area (Å²) in [6.07, 6.45) is 1.30. The second-order valence-corrected chi connectivity index (χ2v) is 3.82. The minimum absolute atomic E-state index is 0.0644. The summed E-state index contributed by atoms with van der Waals surface area (Å²) < 4.78 is 2.17. The number of nitrogens with zero attached hydrogens (tertiary/aromatic N) is 2. The Kier molecular flexibility index (Phi) is 2.93. The van der Waals surface area contributed by atoms with Gasteiger partial charge in [0.25, 0.3) is 5.56 Å². The van der Waals surface area contributed by atoms with Gasteiger partial charge in [0.1, 0.15) is 0 Å². The number of aryl methyl sites for hydroxylation is 1. The molecule has 0 aliphatic carbocycles. The van der Waals surface area contributed by atoms with Crippen LogP contribution in [-0.2, 0) is 14.1 Å². The largest absolute Gasteiger partial charge is 0.330 e. The highest BCUT2D eigenvalue weighted by molar-refractivity contribution is 5.96. The van der Waals surface area contributed by atoms with E-state index in [4.69, 9.17) is 0 Å². The van der Waals surface area contributed by atoms with Gasteiger partial charge in [-0.25, -0.2) is 4.79 Å². The molecule has 0 fully saturated rings. The number of aromatic nitrogens is 2. The number of ketones is 1. The third kappa shape index (κ3) is 1.91. The Hall–Kier alpha value is -1.65. The van der Waals surface area contributed by atoms with E-state index in [9.17, 15) is 14.4 Å². The van der Waals surface area contributed by atoms with E-state index in [2.05, 4.69) is 0 Å². The summed E-state index contributed by atoms with van der Waals surface area (Å²) in [5, 5.41) is 0. The molecule has 0 atom stereocenters. The molecule has 1 rings (SSSR count). The molecule has 0 radical (unpaired) electrons. The van der Waals surface area contributed by atoms with Crippen molar-refractivity contribution in [2.75, 3.05) is 0 Å². The van der Waals surface area contributed by atoms with Crippen LogP contribution in [0.5, 0.6) is 0 Å². The average Bonchev–Trinajstić information content (AvgIpc) is 2.19. The van der Waals surface area contributed by atoms with Crippen molar-refractivity contribution in [3.8, 4) is 0 Å².